The number of fused-ring (bicyclic) bond motifs is 1. The lowest BCUT2D eigenvalue weighted by atomic mass is 9.94. The molecule has 1 saturated carbocycles. The molecule has 34 heavy (non-hydrogen) atoms. The molecule has 0 radical (unpaired) electrons. The van der Waals surface area contributed by atoms with Gasteiger partial charge in [-0.1, -0.05) is 24.5 Å². The number of rotatable bonds is 7. The molecule has 2 aliphatic rings. The van der Waals surface area contributed by atoms with E-state index in [9.17, 15) is 4.79 Å². The van der Waals surface area contributed by atoms with Gasteiger partial charge in [0.05, 0.1) is 11.9 Å². The van der Waals surface area contributed by atoms with Gasteiger partial charge in [-0.15, -0.1) is 5.10 Å². The number of hydrazone groups is 1. The minimum atomic E-state index is -0.509. The van der Waals surface area contributed by atoms with Crippen molar-refractivity contribution in [3.05, 3.63) is 35.2 Å². The minimum absolute atomic E-state index is 0.0549. The molecular weight excluding hydrogens is 442 g/mol. The summed E-state index contributed by atoms with van der Waals surface area (Å²) in [5.41, 5.74) is 9.77. The van der Waals surface area contributed by atoms with E-state index in [1.165, 1.54) is 30.2 Å². The summed E-state index contributed by atoms with van der Waals surface area (Å²) >= 11 is 0. The van der Waals surface area contributed by atoms with E-state index < -0.39 is 5.91 Å². The van der Waals surface area contributed by atoms with Gasteiger partial charge in [-0.25, -0.2) is 10.1 Å². The molecule has 2 aromatic heterocycles. The summed E-state index contributed by atoms with van der Waals surface area (Å²) in [6, 6.07) is 5.78. The van der Waals surface area contributed by atoms with Crippen molar-refractivity contribution in [1.82, 2.24) is 35.6 Å². The van der Waals surface area contributed by atoms with Crippen molar-refractivity contribution in [3.63, 3.8) is 0 Å². The van der Waals surface area contributed by atoms with Crippen LogP contribution in [-0.4, -0.2) is 62.2 Å². The highest BCUT2D eigenvalue weighted by Crippen LogP contribution is 2.32. The van der Waals surface area contributed by atoms with Gasteiger partial charge in [0.1, 0.15) is 0 Å². The third-order valence-electron chi connectivity index (χ3n) is 6.05. The molecule has 1 aliphatic heterocycles. The van der Waals surface area contributed by atoms with Gasteiger partial charge in [-0.3, -0.25) is 9.69 Å². The van der Waals surface area contributed by atoms with Crippen molar-refractivity contribution in [2.24, 2.45) is 5.10 Å². The van der Waals surface area contributed by atoms with Crippen LogP contribution < -0.4 is 20.6 Å². The topological polar surface area (TPSA) is 159 Å². The first kappa shape index (κ1) is 21.8. The van der Waals surface area contributed by atoms with Crippen molar-refractivity contribution >= 4 is 17.9 Å². The molecule has 5 rings (SSSR count). The lowest BCUT2D eigenvalue weighted by Crippen LogP contribution is -2.34. The van der Waals surface area contributed by atoms with Crippen LogP contribution in [0.3, 0.4) is 0 Å². The number of hydrogen-bond acceptors (Lipinski definition) is 11. The molecule has 1 amide bonds. The molecule has 1 fully saturated rings. The van der Waals surface area contributed by atoms with Crippen molar-refractivity contribution in [2.45, 2.75) is 44.7 Å². The zero-order valence-corrected chi connectivity index (χ0v) is 18.7. The number of anilines is 1. The number of nitrogens with one attached hydrogen (secondary N) is 1. The summed E-state index contributed by atoms with van der Waals surface area (Å²) in [6.45, 7) is 0.602. The zero-order chi connectivity index (χ0) is 23.5. The highest BCUT2D eigenvalue weighted by molar-refractivity contribution is 5.94. The number of carbonyl (C=O) groups is 1. The first-order chi connectivity index (χ1) is 16.6. The predicted octanol–water partition coefficient (Wildman–Crippen LogP) is 1.49. The highest BCUT2D eigenvalue weighted by Gasteiger charge is 2.27. The third-order valence-corrected chi connectivity index (χ3v) is 6.05. The standard InChI is InChI=1S/C21H25N9O4/c1-29(14-5-3-2-4-6-14)11-15-18(24-28-30(15)20-19(22)26-34-27-20)21(31)25-23-10-13-7-8-16-17(9-13)33-12-32-16/h7-10,14H,2-6,11-12H2,1H3,(H2,22,26)(H,25,31). The normalized spacial score (nSPS) is 15.9. The Labute approximate surface area is 194 Å². The second kappa shape index (κ2) is 9.47. The van der Waals surface area contributed by atoms with Gasteiger partial charge in [0.25, 0.3) is 5.91 Å². The van der Waals surface area contributed by atoms with Gasteiger partial charge in [0, 0.05) is 12.6 Å². The second-order valence-electron chi connectivity index (χ2n) is 8.29. The number of nitrogens with two attached hydrogens (primary N) is 1. The van der Waals surface area contributed by atoms with Crippen molar-refractivity contribution < 1.29 is 18.9 Å². The van der Waals surface area contributed by atoms with Crippen LogP contribution in [0.4, 0.5) is 5.82 Å². The third kappa shape index (κ3) is 4.41. The average Bonchev–Trinajstić information content (AvgIpc) is 3.59. The summed E-state index contributed by atoms with van der Waals surface area (Å²) in [6.07, 6.45) is 7.35. The summed E-state index contributed by atoms with van der Waals surface area (Å²) in [5, 5.41) is 19.7. The fourth-order valence-corrected chi connectivity index (χ4v) is 4.23. The fourth-order valence-electron chi connectivity index (χ4n) is 4.23. The Morgan fingerprint density at radius 1 is 1.26 bits per heavy atom. The maximum atomic E-state index is 13.0. The Bertz CT molecular complexity index is 1200. The van der Waals surface area contributed by atoms with Crippen LogP contribution in [0.5, 0.6) is 11.5 Å². The smallest absolute Gasteiger partial charge is 0.293 e. The Balaban J connectivity index is 1.36. The van der Waals surface area contributed by atoms with E-state index in [2.05, 4.69) is 36.1 Å². The van der Waals surface area contributed by atoms with Crippen LogP contribution >= 0.6 is 0 Å². The van der Waals surface area contributed by atoms with E-state index in [0.717, 1.165) is 18.4 Å². The molecule has 1 aliphatic carbocycles. The number of ether oxygens (including phenoxy) is 2. The minimum Gasteiger partial charge on any atom is -0.454 e. The Morgan fingerprint density at radius 2 is 2.09 bits per heavy atom. The molecule has 13 nitrogen and oxygen atoms in total. The van der Waals surface area contributed by atoms with E-state index in [-0.39, 0.29) is 24.1 Å². The van der Waals surface area contributed by atoms with Gasteiger partial charge in [0.15, 0.2) is 17.2 Å². The van der Waals surface area contributed by atoms with Gasteiger partial charge in [-0.2, -0.15) is 9.78 Å². The van der Waals surface area contributed by atoms with E-state index in [4.69, 9.17) is 19.8 Å². The summed E-state index contributed by atoms with van der Waals surface area (Å²) in [4.78, 5) is 15.2. The van der Waals surface area contributed by atoms with Gasteiger partial charge in [0.2, 0.25) is 18.4 Å². The number of nitrogens with zero attached hydrogens (tertiary/aromatic N) is 7. The molecule has 0 unspecified atom stereocenters. The second-order valence-corrected chi connectivity index (χ2v) is 8.29. The molecule has 0 bridgehead atoms. The number of amides is 1. The van der Waals surface area contributed by atoms with E-state index in [1.54, 1.807) is 12.1 Å². The lowest BCUT2D eigenvalue weighted by molar-refractivity contribution is 0.0947. The van der Waals surface area contributed by atoms with Crippen molar-refractivity contribution in [1.29, 1.82) is 0 Å². The molecule has 0 atom stereocenters. The number of nitrogen functional groups attached to an aromatic ring is 1. The van der Waals surface area contributed by atoms with Gasteiger partial charge >= 0.3 is 0 Å². The highest BCUT2D eigenvalue weighted by atomic mass is 16.7. The monoisotopic (exact) mass is 467 g/mol. The number of hydrogen-bond donors (Lipinski definition) is 2. The average molecular weight is 467 g/mol. The summed E-state index contributed by atoms with van der Waals surface area (Å²) in [5.74, 6) is 1.03. The van der Waals surface area contributed by atoms with Crippen LogP contribution in [0.25, 0.3) is 5.82 Å². The Morgan fingerprint density at radius 3 is 2.88 bits per heavy atom. The Hall–Kier alpha value is -4.00. The van der Waals surface area contributed by atoms with Crippen LogP contribution in [-0.2, 0) is 6.54 Å². The van der Waals surface area contributed by atoms with E-state index in [1.807, 2.05) is 13.1 Å². The van der Waals surface area contributed by atoms with Gasteiger partial charge < -0.3 is 15.2 Å². The van der Waals surface area contributed by atoms with E-state index >= 15 is 0 Å². The largest absolute Gasteiger partial charge is 0.454 e. The molecular formula is C21H25N9O4. The molecule has 1 aromatic carbocycles. The summed E-state index contributed by atoms with van der Waals surface area (Å²) in [7, 11) is 2.03. The maximum Gasteiger partial charge on any atom is 0.293 e. The lowest BCUT2D eigenvalue weighted by Gasteiger charge is -2.31. The number of aromatic nitrogens is 5. The molecule has 0 saturated heterocycles. The SMILES string of the molecule is CN(Cc1c(C(=O)NN=Cc2ccc3c(c2)OCO3)nnn1-c1nonc1N)C1CCCCC1. The maximum absolute atomic E-state index is 13.0. The number of carbonyl (C=O) groups excluding carboxylic acids is 1. The molecule has 3 aromatic rings. The molecule has 178 valence electrons. The van der Waals surface area contributed by atoms with Crippen LogP contribution in [0.1, 0.15) is 53.8 Å². The van der Waals surface area contributed by atoms with Gasteiger partial charge in [-0.05, 0) is 54.0 Å². The zero-order valence-electron chi connectivity index (χ0n) is 18.7. The van der Waals surface area contributed by atoms with Crippen LogP contribution in [0.2, 0.25) is 0 Å². The molecule has 13 heteroatoms. The molecule has 3 heterocycles. The summed E-state index contributed by atoms with van der Waals surface area (Å²) < 4.78 is 16.8. The Kier molecular flexibility index (Phi) is 6.08. The molecule has 0 spiro atoms. The first-order valence-corrected chi connectivity index (χ1v) is 11.1. The van der Waals surface area contributed by atoms with Crippen LogP contribution in [0.15, 0.2) is 27.9 Å². The predicted molar refractivity (Wildman–Crippen MR) is 120 cm³/mol. The van der Waals surface area contributed by atoms with E-state index in [0.29, 0.717) is 29.8 Å². The fraction of sp³-hybridized carbons (Fsp3) is 0.429. The molecule has 3 N–H and O–H groups in total. The van der Waals surface area contributed by atoms with Crippen molar-refractivity contribution in [3.8, 4) is 17.3 Å². The van der Waals surface area contributed by atoms with Crippen LogP contribution in [0, 0.1) is 0 Å². The first-order valence-electron chi connectivity index (χ1n) is 11.1. The number of benzene rings is 1. The van der Waals surface area contributed by atoms with Crippen molar-refractivity contribution in [2.75, 3.05) is 19.6 Å². The quantitative estimate of drug-likeness (QED) is 0.385.